The van der Waals surface area contributed by atoms with Crippen molar-refractivity contribution in [3.8, 4) is 0 Å². The molecular formula is C8H14O4S2. The second-order valence-corrected chi connectivity index (χ2v) is 5.48. The highest BCUT2D eigenvalue weighted by Gasteiger charge is 2.19. The van der Waals surface area contributed by atoms with Crippen LogP contribution in [0.1, 0.15) is 13.8 Å². The third-order valence-electron chi connectivity index (χ3n) is 1.41. The summed E-state index contributed by atoms with van der Waals surface area (Å²) in [6, 6.07) is 0. The van der Waals surface area contributed by atoms with Gasteiger partial charge in [0, 0.05) is 0 Å². The topological polar surface area (TPSA) is 52.6 Å². The number of methoxy groups -OCH3 is 2. The molecule has 0 rings (SSSR count). The van der Waals surface area contributed by atoms with E-state index in [2.05, 4.69) is 9.47 Å². The zero-order valence-electron chi connectivity index (χ0n) is 8.60. The molecule has 0 aromatic carbocycles. The van der Waals surface area contributed by atoms with E-state index in [1.165, 1.54) is 35.8 Å². The van der Waals surface area contributed by atoms with Crippen LogP contribution >= 0.6 is 21.6 Å². The van der Waals surface area contributed by atoms with E-state index in [4.69, 9.17) is 0 Å². The van der Waals surface area contributed by atoms with Gasteiger partial charge in [-0.15, -0.1) is 0 Å². The van der Waals surface area contributed by atoms with Crippen molar-refractivity contribution in [3.63, 3.8) is 0 Å². The van der Waals surface area contributed by atoms with Gasteiger partial charge in [-0.3, -0.25) is 9.59 Å². The second kappa shape index (κ2) is 7.00. The molecule has 0 spiro atoms. The molecule has 6 heteroatoms. The van der Waals surface area contributed by atoms with Gasteiger partial charge in [-0.2, -0.15) is 0 Å². The van der Waals surface area contributed by atoms with Crippen LogP contribution in [0.25, 0.3) is 0 Å². The molecule has 0 saturated heterocycles. The lowest BCUT2D eigenvalue weighted by atomic mass is 10.5. The summed E-state index contributed by atoms with van der Waals surface area (Å²) in [6.45, 7) is 3.46. The third kappa shape index (κ3) is 4.76. The van der Waals surface area contributed by atoms with E-state index in [0.717, 1.165) is 0 Å². The fourth-order valence-electron chi connectivity index (χ4n) is 0.577. The van der Waals surface area contributed by atoms with E-state index in [0.29, 0.717) is 0 Å². The summed E-state index contributed by atoms with van der Waals surface area (Å²) in [7, 11) is 5.29. The lowest BCUT2D eigenvalue weighted by molar-refractivity contribution is -0.140. The number of rotatable bonds is 5. The van der Waals surface area contributed by atoms with Gasteiger partial charge in [0.25, 0.3) is 0 Å². The first-order chi connectivity index (χ1) is 6.52. The molecule has 4 nitrogen and oxygen atoms in total. The van der Waals surface area contributed by atoms with Crippen LogP contribution in [0.2, 0.25) is 0 Å². The Balaban J connectivity index is 3.82. The molecule has 14 heavy (non-hydrogen) atoms. The summed E-state index contributed by atoms with van der Waals surface area (Å²) in [4.78, 5) is 22.0. The summed E-state index contributed by atoms with van der Waals surface area (Å²) in [5.41, 5.74) is 0. The zero-order chi connectivity index (χ0) is 11.1. The van der Waals surface area contributed by atoms with E-state index in [-0.39, 0.29) is 22.4 Å². The van der Waals surface area contributed by atoms with Crippen molar-refractivity contribution < 1.29 is 19.1 Å². The zero-order valence-corrected chi connectivity index (χ0v) is 10.2. The Labute approximate surface area is 91.5 Å². The van der Waals surface area contributed by atoms with Gasteiger partial charge < -0.3 is 9.47 Å². The van der Waals surface area contributed by atoms with Gasteiger partial charge in [0.05, 0.1) is 14.2 Å². The predicted octanol–water partition coefficient (Wildman–Crippen LogP) is 1.49. The van der Waals surface area contributed by atoms with Crippen molar-refractivity contribution in [1.82, 2.24) is 0 Å². The molecule has 0 aliphatic carbocycles. The maximum absolute atomic E-state index is 11.0. The number of carbonyl (C=O) groups is 2. The van der Waals surface area contributed by atoms with Crippen LogP contribution in [0.4, 0.5) is 0 Å². The Morgan fingerprint density at radius 1 is 0.929 bits per heavy atom. The smallest absolute Gasteiger partial charge is 0.319 e. The first kappa shape index (κ1) is 13.6. The lowest BCUT2D eigenvalue weighted by Crippen LogP contribution is -2.17. The van der Waals surface area contributed by atoms with Crippen LogP contribution in [0.3, 0.4) is 0 Å². The largest absolute Gasteiger partial charge is 0.468 e. The number of hydrogen-bond donors (Lipinski definition) is 0. The fourth-order valence-corrected chi connectivity index (χ4v) is 2.73. The minimum absolute atomic E-state index is 0.280. The Morgan fingerprint density at radius 3 is 1.43 bits per heavy atom. The Kier molecular flexibility index (Phi) is 6.82. The number of carbonyl (C=O) groups excluding carboxylic acids is 2. The van der Waals surface area contributed by atoms with Gasteiger partial charge in [-0.1, -0.05) is 21.6 Å². The van der Waals surface area contributed by atoms with E-state index < -0.39 is 0 Å². The highest BCUT2D eigenvalue weighted by molar-refractivity contribution is 8.77. The molecule has 0 heterocycles. The summed E-state index contributed by atoms with van der Waals surface area (Å²) in [6.07, 6.45) is 0. The van der Waals surface area contributed by atoms with Crippen LogP contribution in [0.15, 0.2) is 0 Å². The number of esters is 2. The van der Waals surface area contributed by atoms with Gasteiger partial charge >= 0.3 is 11.9 Å². The third-order valence-corrected chi connectivity index (χ3v) is 4.55. The van der Waals surface area contributed by atoms with E-state index in [1.54, 1.807) is 13.8 Å². The van der Waals surface area contributed by atoms with E-state index in [9.17, 15) is 9.59 Å². The second-order valence-electron chi connectivity index (χ2n) is 2.52. The van der Waals surface area contributed by atoms with Crippen molar-refractivity contribution in [2.45, 2.75) is 24.3 Å². The van der Waals surface area contributed by atoms with E-state index >= 15 is 0 Å². The maximum Gasteiger partial charge on any atom is 0.319 e. The Hall–Kier alpha value is -0.360. The molecule has 0 saturated carbocycles. The quantitative estimate of drug-likeness (QED) is 0.534. The monoisotopic (exact) mass is 238 g/mol. The highest BCUT2D eigenvalue weighted by atomic mass is 33.1. The molecular weight excluding hydrogens is 224 g/mol. The molecule has 0 aromatic heterocycles. The molecule has 0 amide bonds. The summed E-state index contributed by atoms with van der Waals surface area (Å²) >= 11 is 0. The molecule has 0 aliphatic heterocycles. The molecule has 0 aromatic rings. The summed E-state index contributed by atoms with van der Waals surface area (Å²) in [5, 5.41) is -0.561. The van der Waals surface area contributed by atoms with Crippen LogP contribution in [0.5, 0.6) is 0 Å². The van der Waals surface area contributed by atoms with Gasteiger partial charge in [0.2, 0.25) is 0 Å². The van der Waals surface area contributed by atoms with Crippen molar-refractivity contribution >= 4 is 33.5 Å². The van der Waals surface area contributed by atoms with Crippen molar-refractivity contribution in [2.75, 3.05) is 14.2 Å². The van der Waals surface area contributed by atoms with Gasteiger partial charge in [0.15, 0.2) is 0 Å². The van der Waals surface area contributed by atoms with Crippen LogP contribution in [-0.4, -0.2) is 36.7 Å². The highest BCUT2D eigenvalue weighted by Crippen LogP contribution is 2.31. The molecule has 0 bridgehead atoms. The molecule has 0 N–H and O–H groups in total. The molecule has 2 atom stereocenters. The lowest BCUT2D eigenvalue weighted by Gasteiger charge is -2.11. The van der Waals surface area contributed by atoms with Gasteiger partial charge in [-0.25, -0.2) is 0 Å². The van der Waals surface area contributed by atoms with Crippen molar-refractivity contribution in [2.24, 2.45) is 0 Å². The predicted molar refractivity (Wildman–Crippen MR) is 58.1 cm³/mol. The standard InChI is InChI=1S/C8H14O4S2/c1-5(7(9)11-3)13-14-6(2)8(10)12-4/h5-6H,1-4H3. The van der Waals surface area contributed by atoms with Crippen molar-refractivity contribution in [3.05, 3.63) is 0 Å². The summed E-state index contributed by atoms with van der Waals surface area (Å²) < 4.78 is 9.08. The molecule has 0 aliphatic rings. The average Bonchev–Trinajstić information content (AvgIpc) is 2.22. The van der Waals surface area contributed by atoms with Crippen LogP contribution in [0, 0.1) is 0 Å². The average molecular weight is 238 g/mol. The maximum atomic E-state index is 11.0. The first-order valence-electron chi connectivity index (χ1n) is 4.00. The molecule has 82 valence electrons. The normalized spacial score (nSPS) is 14.3. The Morgan fingerprint density at radius 2 is 1.21 bits per heavy atom. The van der Waals surface area contributed by atoms with Crippen LogP contribution in [-0.2, 0) is 19.1 Å². The van der Waals surface area contributed by atoms with Crippen LogP contribution < -0.4 is 0 Å². The fraction of sp³-hybridized carbons (Fsp3) is 0.750. The van der Waals surface area contributed by atoms with Crippen molar-refractivity contribution in [1.29, 1.82) is 0 Å². The Bertz CT molecular complexity index is 186. The minimum Gasteiger partial charge on any atom is -0.468 e. The minimum atomic E-state index is -0.292. The SMILES string of the molecule is COC(=O)C(C)SSC(C)C(=O)OC. The van der Waals surface area contributed by atoms with E-state index in [1.807, 2.05) is 0 Å². The first-order valence-corrected chi connectivity index (χ1v) is 6.28. The molecule has 2 unspecified atom stereocenters. The van der Waals surface area contributed by atoms with Gasteiger partial charge in [-0.05, 0) is 13.8 Å². The number of ether oxygens (including phenoxy) is 2. The molecule has 0 radical (unpaired) electrons. The number of hydrogen-bond acceptors (Lipinski definition) is 6. The molecule has 0 fully saturated rings. The summed E-state index contributed by atoms with van der Waals surface area (Å²) in [5.74, 6) is -0.584. The van der Waals surface area contributed by atoms with Gasteiger partial charge in [0.1, 0.15) is 10.5 Å².